The van der Waals surface area contributed by atoms with Gasteiger partial charge in [-0.3, -0.25) is 4.79 Å². The van der Waals surface area contributed by atoms with Crippen LogP contribution in [0.15, 0.2) is 18.2 Å². The van der Waals surface area contributed by atoms with E-state index in [2.05, 4.69) is 5.32 Å². The number of nitrogens with zero attached hydrogens (tertiary/aromatic N) is 1. The van der Waals surface area contributed by atoms with E-state index < -0.39 is 0 Å². The lowest BCUT2D eigenvalue weighted by atomic mass is 10.1. The highest BCUT2D eigenvalue weighted by molar-refractivity contribution is 6.42. The highest BCUT2D eigenvalue weighted by atomic mass is 35.5. The first kappa shape index (κ1) is 14.6. The van der Waals surface area contributed by atoms with Crippen LogP contribution in [0.3, 0.4) is 0 Å². The third-order valence-corrected chi connectivity index (χ3v) is 4.31. The Labute approximate surface area is 123 Å². The Morgan fingerprint density at radius 3 is 2.95 bits per heavy atom. The van der Waals surface area contributed by atoms with Crippen molar-refractivity contribution in [3.63, 3.8) is 0 Å². The van der Waals surface area contributed by atoms with E-state index >= 15 is 0 Å². The van der Waals surface area contributed by atoms with E-state index in [1.165, 1.54) is 0 Å². The summed E-state index contributed by atoms with van der Waals surface area (Å²) < 4.78 is 0. The minimum absolute atomic E-state index is 0.135. The molecule has 1 aliphatic heterocycles. The van der Waals surface area contributed by atoms with Gasteiger partial charge in [-0.2, -0.15) is 0 Å². The number of benzene rings is 1. The molecule has 3 nitrogen and oxygen atoms in total. The number of hydrogen-bond donors (Lipinski definition) is 1. The van der Waals surface area contributed by atoms with Gasteiger partial charge in [-0.05, 0) is 31.0 Å². The smallest absolute Gasteiger partial charge is 0.224 e. The van der Waals surface area contributed by atoms with Crippen LogP contribution in [0.25, 0.3) is 0 Å². The average Bonchev–Trinajstić information content (AvgIpc) is 2.87. The fourth-order valence-corrected chi connectivity index (χ4v) is 2.69. The fourth-order valence-electron chi connectivity index (χ4n) is 2.31. The van der Waals surface area contributed by atoms with Gasteiger partial charge in [0.05, 0.1) is 10.0 Å². The lowest BCUT2D eigenvalue weighted by Gasteiger charge is -2.20. The summed E-state index contributed by atoms with van der Waals surface area (Å²) >= 11 is 12.1. The van der Waals surface area contributed by atoms with E-state index in [4.69, 9.17) is 23.2 Å². The van der Waals surface area contributed by atoms with Crippen molar-refractivity contribution in [1.29, 1.82) is 0 Å². The van der Waals surface area contributed by atoms with E-state index in [-0.39, 0.29) is 5.91 Å². The summed E-state index contributed by atoms with van der Waals surface area (Å²) in [5.41, 5.74) is 0.879. The van der Waals surface area contributed by atoms with Crippen molar-refractivity contribution in [3.05, 3.63) is 33.8 Å². The van der Waals surface area contributed by atoms with Gasteiger partial charge in [0.25, 0.3) is 0 Å². The van der Waals surface area contributed by atoms with Crippen LogP contribution >= 0.6 is 23.2 Å². The molecule has 2 rings (SSSR count). The van der Waals surface area contributed by atoms with Gasteiger partial charge >= 0.3 is 0 Å². The number of rotatable bonds is 4. The first-order valence-electron chi connectivity index (χ1n) is 6.48. The third kappa shape index (κ3) is 3.85. The molecule has 1 unspecified atom stereocenters. The van der Waals surface area contributed by atoms with Crippen LogP contribution in [-0.2, 0) is 11.3 Å². The molecule has 1 aliphatic rings. The number of hydrogen-bond acceptors (Lipinski definition) is 2. The minimum atomic E-state index is 0.135. The SMILES string of the molecule is CN(Cc1cccc(Cl)c1Cl)C(=O)CC1CCCN1. The molecule has 19 heavy (non-hydrogen) atoms. The van der Waals surface area contributed by atoms with Crippen molar-refractivity contribution in [1.82, 2.24) is 10.2 Å². The van der Waals surface area contributed by atoms with Crippen molar-refractivity contribution in [2.45, 2.75) is 31.8 Å². The Hall–Kier alpha value is -0.770. The van der Waals surface area contributed by atoms with Crippen LogP contribution in [0.4, 0.5) is 0 Å². The number of nitrogens with one attached hydrogen (secondary N) is 1. The Kier molecular flexibility index (Phi) is 5.08. The maximum absolute atomic E-state index is 12.1. The standard InChI is InChI=1S/C14H18Cl2N2O/c1-18(13(19)8-11-5-3-7-17-11)9-10-4-2-6-12(15)14(10)16/h2,4,6,11,17H,3,5,7-9H2,1H3. The molecule has 104 valence electrons. The predicted octanol–water partition coefficient (Wildman–Crippen LogP) is 3.09. The van der Waals surface area contributed by atoms with Crippen molar-refractivity contribution >= 4 is 29.1 Å². The van der Waals surface area contributed by atoms with Crippen LogP contribution in [0, 0.1) is 0 Å². The highest BCUT2D eigenvalue weighted by Gasteiger charge is 2.20. The first-order chi connectivity index (χ1) is 9.08. The monoisotopic (exact) mass is 300 g/mol. The van der Waals surface area contributed by atoms with Crippen LogP contribution in [0.2, 0.25) is 10.0 Å². The van der Waals surface area contributed by atoms with Crippen molar-refractivity contribution < 1.29 is 4.79 Å². The van der Waals surface area contributed by atoms with Crippen molar-refractivity contribution in [2.75, 3.05) is 13.6 Å². The Bertz CT molecular complexity index is 459. The third-order valence-electron chi connectivity index (χ3n) is 3.45. The van der Waals surface area contributed by atoms with Crippen LogP contribution < -0.4 is 5.32 Å². The first-order valence-corrected chi connectivity index (χ1v) is 7.23. The van der Waals surface area contributed by atoms with Gasteiger partial charge in [0, 0.05) is 26.1 Å². The van der Waals surface area contributed by atoms with Gasteiger partial charge in [0.1, 0.15) is 0 Å². The molecular weight excluding hydrogens is 283 g/mol. The lowest BCUT2D eigenvalue weighted by Crippen LogP contribution is -2.33. The summed E-state index contributed by atoms with van der Waals surface area (Å²) in [6.07, 6.45) is 2.79. The molecule has 1 heterocycles. The zero-order valence-electron chi connectivity index (χ0n) is 11.0. The lowest BCUT2D eigenvalue weighted by molar-refractivity contribution is -0.130. The molecule has 1 saturated heterocycles. The average molecular weight is 301 g/mol. The van der Waals surface area contributed by atoms with E-state index in [9.17, 15) is 4.79 Å². The number of carbonyl (C=O) groups is 1. The normalized spacial score (nSPS) is 18.6. The summed E-state index contributed by atoms with van der Waals surface area (Å²) in [5, 5.41) is 4.39. The minimum Gasteiger partial charge on any atom is -0.341 e. The predicted molar refractivity (Wildman–Crippen MR) is 78.6 cm³/mol. The second kappa shape index (κ2) is 6.60. The van der Waals surface area contributed by atoms with Crippen LogP contribution in [0.5, 0.6) is 0 Å². The van der Waals surface area contributed by atoms with Gasteiger partial charge in [0.15, 0.2) is 0 Å². The summed E-state index contributed by atoms with van der Waals surface area (Å²) in [7, 11) is 1.80. The van der Waals surface area contributed by atoms with Gasteiger partial charge in [0.2, 0.25) is 5.91 Å². The Balaban J connectivity index is 1.94. The molecule has 5 heteroatoms. The largest absolute Gasteiger partial charge is 0.341 e. The summed E-state index contributed by atoms with van der Waals surface area (Å²) in [6.45, 7) is 1.51. The second-order valence-corrected chi connectivity index (χ2v) is 5.75. The molecule has 1 aromatic rings. The van der Waals surface area contributed by atoms with E-state index in [1.807, 2.05) is 12.1 Å². The summed E-state index contributed by atoms with van der Waals surface area (Å²) in [4.78, 5) is 13.8. The van der Waals surface area contributed by atoms with Crippen molar-refractivity contribution in [3.8, 4) is 0 Å². The molecular formula is C14H18Cl2N2O. The van der Waals surface area contributed by atoms with Crippen LogP contribution in [-0.4, -0.2) is 30.4 Å². The van der Waals surface area contributed by atoms with E-state index in [0.29, 0.717) is 29.1 Å². The maximum Gasteiger partial charge on any atom is 0.224 e. The van der Waals surface area contributed by atoms with E-state index in [0.717, 1.165) is 24.9 Å². The van der Waals surface area contributed by atoms with Gasteiger partial charge in [-0.25, -0.2) is 0 Å². The number of halogens is 2. The molecule has 1 fully saturated rings. The summed E-state index contributed by atoms with van der Waals surface area (Å²) in [5.74, 6) is 0.135. The Morgan fingerprint density at radius 2 is 2.26 bits per heavy atom. The topological polar surface area (TPSA) is 32.3 Å². The quantitative estimate of drug-likeness (QED) is 0.927. The molecule has 1 atom stereocenters. The summed E-state index contributed by atoms with van der Waals surface area (Å²) in [6, 6.07) is 5.81. The molecule has 0 aromatic heterocycles. The second-order valence-electron chi connectivity index (χ2n) is 4.96. The van der Waals surface area contributed by atoms with Gasteiger partial charge in [-0.1, -0.05) is 35.3 Å². The van der Waals surface area contributed by atoms with Crippen molar-refractivity contribution in [2.24, 2.45) is 0 Å². The van der Waals surface area contributed by atoms with E-state index in [1.54, 1.807) is 18.0 Å². The number of amides is 1. The molecule has 1 N–H and O–H groups in total. The molecule has 0 radical (unpaired) electrons. The molecule has 0 saturated carbocycles. The molecule has 0 spiro atoms. The molecule has 0 bridgehead atoms. The Morgan fingerprint density at radius 1 is 1.47 bits per heavy atom. The zero-order chi connectivity index (χ0) is 13.8. The van der Waals surface area contributed by atoms with Crippen LogP contribution in [0.1, 0.15) is 24.8 Å². The number of carbonyl (C=O) groups excluding carboxylic acids is 1. The van der Waals surface area contributed by atoms with Gasteiger partial charge < -0.3 is 10.2 Å². The zero-order valence-corrected chi connectivity index (χ0v) is 12.5. The molecule has 1 aromatic carbocycles. The van der Waals surface area contributed by atoms with Gasteiger partial charge in [-0.15, -0.1) is 0 Å². The molecule has 1 amide bonds. The fraction of sp³-hybridized carbons (Fsp3) is 0.500. The highest BCUT2D eigenvalue weighted by Crippen LogP contribution is 2.26. The maximum atomic E-state index is 12.1. The molecule has 0 aliphatic carbocycles.